The molecule has 1 saturated heterocycles. The van der Waals surface area contributed by atoms with Crippen molar-refractivity contribution in [2.24, 2.45) is 5.84 Å². The minimum absolute atomic E-state index is 0.376. The molecule has 0 amide bonds. The van der Waals surface area contributed by atoms with Gasteiger partial charge in [-0.05, 0) is 13.0 Å². The van der Waals surface area contributed by atoms with Crippen LogP contribution < -0.4 is 16.2 Å². The molecule has 1 fully saturated rings. The zero-order valence-electron chi connectivity index (χ0n) is 10.3. The van der Waals surface area contributed by atoms with Crippen LogP contribution in [0.25, 0.3) is 0 Å². The molecule has 1 aliphatic heterocycles. The Morgan fingerprint density at radius 1 is 1.44 bits per heavy atom. The van der Waals surface area contributed by atoms with Crippen LogP contribution in [0.15, 0.2) is 6.07 Å². The number of hydrazine groups is 1. The summed E-state index contributed by atoms with van der Waals surface area (Å²) < 4.78 is 0. The fourth-order valence-electron chi connectivity index (χ4n) is 1.99. The van der Waals surface area contributed by atoms with Gasteiger partial charge in [-0.15, -0.1) is 0 Å². The normalized spacial score (nSPS) is 24.2. The molecular weight excluding hydrogens is 291 g/mol. The van der Waals surface area contributed by atoms with Crippen LogP contribution in [-0.4, -0.2) is 28.6 Å². The van der Waals surface area contributed by atoms with Crippen molar-refractivity contribution in [3.05, 3.63) is 16.1 Å². The second-order valence-corrected chi connectivity index (χ2v) is 6.58. The van der Waals surface area contributed by atoms with Gasteiger partial charge in [0.25, 0.3) is 0 Å². The smallest absolute Gasteiger partial charge is 0.161 e. The van der Waals surface area contributed by atoms with Gasteiger partial charge in [-0.2, -0.15) is 11.8 Å². The molecule has 2 rings (SSSR count). The number of pyridine rings is 1. The first-order valence-electron chi connectivity index (χ1n) is 5.75. The lowest BCUT2D eigenvalue weighted by molar-refractivity contribution is 0.621. The van der Waals surface area contributed by atoms with Gasteiger partial charge in [-0.3, -0.25) is 0 Å². The SMILES string of the molecule is CC1SCCN(c2nc(NN)c(Cl)cc2Cl)C1C. The van der Waals surface area contributed by atoms with Crippen LogP contribution in [0.4, 0.5) is 11.6 Å². The highest BCUT2D eigenvalue weighted by atomic mass is 35.5. The molecule has 3 N–H and O–H groups in total. The Morgan fingerprint density at radius 3 is 2.83 bits per heavy atom. The van der Waals surface area contributed by atoms with Crippen LogP contribution in [0.2, 0.25) is 10.0 Å². The van der Waals surface area contributed by atoms with E-state index in [0.29, 0.717) is 27.2 Å². The van der Waals surface area contributed by atoms with Gasteiger partial charge in [0, 0.05) is 23.6 Å². The number of aromatic nitrogens is 1. The zero-order valence-corrected chi connectivity index (χ0v) is 12.6. The third kappa shape index (κ3) is 2.64. The summed E-state index contributed by atoms with van der Waals surface area (Å²) in [7, 11) is 0. The van der Waals surface area contributed by atoms with Gasteiger partial charge in [0.1, 0.15) is 5.82 Å². The van der Waals surface area contributed by atoms with E-state index in [1.54, 1.807) is 6.07 Å². The van der Waals surface area contributed by atoms with E-state index in [9.17, 15) is 0 Å². The van der Waals surface area contributed by atoms with E-state index >= 15 is 0 Å². The largest absolute Gasteiger partial charge is 0.351 e. The van der Waals surface area contributed by atoms with Gasteiger partial charge in [0.05, 0.1) is 10.0 Å². The number of hydrogen-bond donors (Lipinski definition) is 2. The quantitative estimate of drug-likeness (QED) is 0.650. The molecule has 18 heavy (non-hydrogen) atoms. The molecule has 0 spiro atoms. The predicted octanol–water partition coefficient (Wildman–Crippen LogP) is 3.00. The molecule has 7 heteroatoms. The molecule has 2 heterocycles. The van der Waals surface area contributed by atoms with Crippen molar-refractivity contribution >= 4 is 46.6 Å². The topological polar surface area (TPSA) is 54.2 Å². The van der Waals surface area contributed by atoms with Gasteiger partial charge >= 0.3 is 0 Å². The first-order valence-corrected chi connectivity index (χ1v) is 7.56. The summed E-state index contributed by atoms with van der Waals surface area (Å²) in [5, 5.41) is 1.53. The maximum Gasteiger partial charge on any atom is 0.161 e. The van der Waals surface area contributed by atoms with E-state index in [1.807, 2.05) is 11.8 Å². The lowest BCUT2D eigenvalue weighted by atomic mass is 10.2. The Hall–Kier alpha value is -0.360. The molecule has 0 bridgehead atoms. The van der Waals surface area contributed by atoms with Crippen LogP contribution in [0.1, 0.15) is 13.8 Å². The summed E-state index contributed by atoms with van der Waals surface area (Å²) in [6, 6.07) is 2.06. The van der Waals surface area contributed by atoms with Gasteiger partial charge in [-0.1, -0.05) is 30.1 Å². The fraction of sp³-hybridized carbons (Fsp3) is 0.545. The summed E-state index contributed by atoms with van der Waals surface area (Å²) in [5.41, 5.74) is 2.49. The number of halogens is 2. The van der Waals surface area contributed by atoms with E-state index < -0.39 is 0 Å². The Balaban J connectivity index is 2.37. The number of thioether (sulfide) groups is 1. The summed E-state index contributed by atoms with van der Waals surface area (Å²) in [4.78, 5) is 6.62. The third-order valence-corrected chi connectivity index (χ3v) is 5.11. The first-order chi connectivity index (χ1) is 8.54. The molecule has 0 aromatic carbocycles. The molecule has 1 aliphatic rings. The maximum atomic E-state index is 6.24. The Kier molecular flexibility index (Phi) is 4.48. The molecule has 2 unspecified atom stereocenters. The zero-order chi connectivity index (χ0) is 13.3. The average Bonchev–Trinajstić information content (AvgIpc) is 2.34. The molecule has 0 saturated carbocycles. The van der Waals surface area contributed by atoms with Crippen molar-refractivity contribution in [3.8, 4) is 0 Å². The summed E-state index contributed by atoms with van der Waals surface area (Å²) in [6.07, 6.45) is 0. The Bertz CT molecular complexity index is 443. The van der Waals surface area contributed by atoms with E-state index in [0.717, 1.165) is 18.1 Å². The minimum Gasteiger partial charge on any atom is -0.351 e. The number of nitrogens with two attached hydrogens (primary N) is 1. The van der Waals surface area contributed by atoms with Crippen LogP contribution >= 0.6 is 35.0 Å². The Labute approximate surface area is 121 Å². The summed E-state index contributed by atoms with van der Waals surface area (Å²) >= 11 is 14.2. The first kappa shape index (κ1) is 14.1. The average molecular weight is 307 g/mol. The second kappa shape index (κ2) is 5.74. The molecule has 1 aromatic rings. The number of rotatable bonds is 2. The number of hydrogen-bond acceptors (Lipinski definition) is 5. The van der Waals surface area contributed by atoms with E-state index in [-0.39, 0.29) is 0 Å². The van der Waals surface area contributed by atoms with Gasteiger partial charge < -0.3 is 10.3 Å². The lowest BCUT2D eigenvalue weighted by Crippen LogP contribution is -2.45. The Morgan fingerprint density at radius 2 is 2.17 bits per heavy atom. The van der Waals surface area contributed by atoms with Crippen LogP contribution in [0.5, 0.6) is 0 Å². The van der Waals surface area contributed by atoms with E-state index in [4.69, 9.17) is 29.0 Å². The number of nitrogens with zero attached hydrogens (tertiary/aromatic N) is 2. The van der Waals surface area contributed by atoms with E-state index in [1.165, 1.54) is 0 Å². The molecule has 1 aromatic heterocycles. The highest BCUT2D eigenvalue weighted by Gasteiger charge is 2.28. The van der Waals surface area contributed by atoms with Crippen molar-refractivity contribution in [2.75, 3.05) is 22.6 Å². The van der Waals surface area contributed by atoms with Crippen molar-refractivity contribution in [1.82, 2.24) is 4.98 Å². The maximum absolute atomic E-state index is 6.24. The van der Waals surface area contributed by atoms with Crippen LogP contribution in [0, 0.1) is 0 Å². The molecule has 4 nitrogen and oxygen atoms in total. The van der Waals surface area contributed by atoms with Crippen molar-refractivity contribution < 1.29 is 0 Å². The number of anilines is 2. The summed E-state index contributed by atoms with van der Waals surface area (Å²) in [5.74, 6) is 7.66. The van der Waals surface area contributed by atoms with Crippen molar-refractivity contribution in [1.29, 1.82) is 0 Å². The van der Waals surface area contributed by atoms with Crippen LogP contribution in [0.3, 0.4) is 0 Å². The highest BCUT2D eigenvalue weighted by Crippen LogP contribution is 2.35. The number of nitrogen functional groups attached to an aromatic ring is 1. The molecule has 100 valence electrons. The molecular formula is C11H16Cl2N4S. The third-order valence-electron chi connectivity index (χ3n) is 3.20. The predicted molar refractivity (Wildman–Crippen MR) is 80.8 cm³/mol. The molecule has 2 atom stereocenters. The minimum atomic E-state index is 0.376. The molecule has 0 aliphatic carbocycles. The second-order valence-electron chi connectivity index (χ2n) is 4.28. The standard InChI is InChI=1S/C11H16Cl2N4S/c1-6-7(2)18-4-3-17(6)11-9(13)5-8(12)10(15-11)16-14/h5-7H,3-4,14H2,1-2H3,(H,15,16). The highest BCUT2D eigenvalue weighted by molar-refractivity contribution is 8.00. The number of nitrogens with one attached hydrogen (secondary N) is 1. The monoisotopic (exact) mass is 306 g/mol. The van der Waals surface area contributed by atoms with Crippen molar-refractivity contribution in [3.63, 3.8) is 0 Å². The van der Waals surface area contributed by atoms with Crippen molar-refractivity contribution in [2.45, 2.75) is 25.1 Å². The summed E-state index contributed by atoms with van der Waals surface area (Å²) in [6.45, 7) is 5.32. The lowest BCUT2D eigenvalue weighted by Gasteiger charge is -2.38. The van der Waals surface area contributed by atoms with Gasteiger partial charge in [0.15, 0.2) is 5.82 Å². The fourth-order valence-corrected chi connectivity index (χ4v) is 3.61. The molecule has 0 radical (unpaired) electrons. The van der Waals surface area contributed by atoms with Gasteiger partial charge in [0.2, 0.25) is 0 Å². The van der Waals surface area contributed by atoms with Crippen LogP contribution in [-0.2, 0) is 0 Å². The van der Waals surface area contributed by atoms with E-state index in [2.05, 4.69) is 29.2 Å². The van der Waals surface area contributed by atoms with Gasteiger partial charge in [-0.25, -0.2) is 10.8 Å².